The van der Waals surface area contributed by atoms with Gasteiger partial charge in [0.1, 0.15) is 0 Å². The van der Waals surface area contributed by atoms with E-state index in [-0.39, 0.29) is 29.4 Å². The maximum atomic E-state index is 12.5. The summed E-state index contributed by atoms with van der Waals surface area (Å²) in [6.45, 7) is 2.43. The minimum absolute atomic E-state index is 0.00370. The molecule has 0 aromatic carbocycles. The lowest BCUT2D eigenvalue weighted by atomic mass is 9.95. The Labute approximate surface area is 114 Å². The van der Waals surface area contributed by atoms with Gasteiger partial charge in [0.2, 0.25) is 5.91 Å². The van der Waals surface area contributed by atoms with Crippen LogP contribution in [0, 0.1) is 5.92 Å². The molecule has 0 aliphatic carbocycles. The SMILES string of the molecule is CC(O)CC1CCCCN1C(=O)C1CCS(=O)(=O)C1. The summed E-state index contributed by atoms with van der Waals surface area (Å²) in [5.74, 6) is -0.242. The molecule has 0 aromatic rings. The fraction of sp³-hybridized carbons (Fsp3) is 0.923. The summed E-state index contributed by atoms with van der Waals surface area (Å²) in [5, 5.41) is 9.52. The summed E-state index contributed by atoms with van der Waals surface area (Å²) in [7, 11) is -3.02. The molecule has 1 amide bonds. The van der Waals surface area contributed by atoms with E-state index in [9.17, 15) is 18.3 Å². The predicted octanol–water partition coefficient (Wildman–Crippen LogP) is 0.573. The molecule has 2 heterocycles. The van der Waals surface area contributed by atoms with Crippen molar-refractivity contribution >= 4 is 15.7 Å². The Balaban J connectivity index is 2.03. The van der Waals surface area contributed by atoms with Gasteiger partial charge in [-0.05, 0) is 39.0 Å². The summed E-state index contributed by atoms with van der Waals surface area (Å²) < 4.78 is 23.0. The monoisotopic (exact) mass is 289 g/mol. The molecule has 0 radical (unpaired) electrons. The van der Waals surface area contributed by atoms with Gasteiger partial charge in [-0.2, -0.15) is 0 Å². The number of hydrogen-bond acceptors (Lipinski definition) is 4. The normalized spacial score (nSPS) is 32.2. The second-order valence-electron chi connectivity index (χ2n) is 5.87. The van der Waals surface area contributed by atoms with Gasteiger partial charge in [0.15, 0.2) is 9.84 Å². The summed E-state index contributed by atoms with van der Waals surface area (Å²) in [4.78, 5) is 14.3. The van der Waals surface area contributed by atoms with Crippen molar-refractivity contribution in [2.75, 3.05) is 18.1 Å². The molecule has 5 nitrogen and oxygen atoms in total. The second-order valence-corrected chi connectivity index (χ2v) is 8.09. The van der Waals surface area contributed by atoms with Crippen molar-refractivity contribution in [1.29, 1.82) is 0 Å². The number of piperidine rings is 1. The molecule has 0 spiro atoms. The van der Waals surface area contributed by atoms with E-state index in [1.807, 2.05) is 4.90 Å². The smallest absolute Gasteiger partial charge is 0.226 e. The molecule has 2 aliphatic heterocycles. The van der Waals surface area contributed by atoms with Crippen molar-refractivity contribution in [2.45, 2.75) is 51.2 Å². The van der Waals surface area contributed by atoms with Gasteiger partial charge in [-0.1, -0.05) is 0 Å². The molecule has 2 fully saturated rings. The first-order valence-electron chi connectivity index (χ1n) is 7.08. The summed E-state index contributed by atoms with van der Waals surface area (Å²) in [5.41, 5.74) is 0. The van der Waals surface area contributed by atoms with Crippen LogP contribution in [-0.2, 0) is 14.6 Å². The van der Waals surface area contributed by atoms with Crippen LogP contribution >= 0.6 is 0 Å². The third-order valence-corrected chi connectivity index (χ3v) is 5.87. The topological polar surface area (TPSA) is 74.7 Å². The fourth-order valence-corrected chi connectivity index (χ4v) is 4.89. The lowest BCUT2D eigenvalue weighted by molar-refractivity contribution is -0.139. The van der Waals surface area contributed by atoms with Crippen molar-refractivity contribution in [1.82, 2.24) is 4.90 Å². The van der Waals surface area contributed by atoms with E-state index in [1.54, 1.807) is 6.92 Å². The first-order valence-corrected chi connectivity index (χ1v) is 8.90. The van der Waals surface area contributed by atoms with Gasteiger partial charge < -0.3 is 10.0 Å². The molecular formula is C13H23NO4S. The van der Waals surface area contributed by atoms with Gasteiger partial charge in [-0.25, -0.2) is 8.42 Å². The largest absolute Gasteiger partial charge is 0.393 e. The molecule has 0 bridgehead atoms. The zero-order valence-electron chi connectivity index (χ0n) is 11.4. The number of nitrogens with zero attached hydrogens (tertiary/aromatic N) is 1. The third kappa shape index (κ3) is 3.69. The van der Waals surface area contributed by atoms with Gasteiger partial charge in [0.05, 0.1) is 23.5 Å². The summed E-state index contributed by atoms with van der Waals surface area (Å²) in [6, 6.07) is 0.0737. The number of carbonyl (C=O) groups is 1. The van der Waals surface area contributed by atoms with Crippen LogP contribution < -0.4 is 0 Å². The number of aliphatic hydroxyl groups excluding tert-OH is 1. The number of likely N-dealkylation sites (tertiary alicyclic amines) is 1. The summed E-state index contributed by atoms with van der Waals surface area (Å²) >= 11 is 0. The minimum atomic E-state index is -3.02. The fourth-order valence-electron chi connectivity index (χ4n) is 3.15. The molecule has 0 aromatic heterocycles. The van der Waals surface area contributed by atoms with Crippen LogP contribution in [0.15, 0.2) is 0 Å². The van der Waals surface area contributed by atoms with Crippen LogP contribution in [0.3, 0.4) is 0 Å². The Bertz CT molecular complexity index is 432. The van der Waals surface area contributed by atoms with Gasteiger partial charge in [0.25, 0.3) is 0 Å². The molecule has 0 saturated carbocycles. The van der Waals surface area contributed by atoms with E-state index in [2.05, 4.69) is 0 Å². The van der Waals surface area contributed by atoms with E-state index < -0.39 is 15.9 Å². The van der Waals surface area contributed by atoms with Crippen LogP contribution in [0.5, 0.6) is 0 Å². The molecule has 2 saturated heterocycles. The maximum absolute atomic E-state index is 12.5. The van der Waals surface area contributed by atoms with E-state index >= 15 is 0 Å². The molecule has 110 valence electrons. The van der Waals surface area contributed by atoms with Crippen molar-refractivity contribution < 1.29 is 18.3 Å². The number of aliphatic hydroxyl groups is 1. The number of sulfone groups is 1. The lowest BCUT2D eigenvalue weighted by Gasteiger charge is -2.37. The van der Waals surface area contributed by atoms with Crippen LogP contribution in [-0.4, -0.2) is 54.5 Å². The molecule has 2 aliphatic rings. The summed E-state index contributed by atoms with van der Waals surface area (Å²) in [6.07, 6.45) is 3.58. The van der Waals surface area contributed by atoms with Crippen LogP contribution in [0.1, 0.15) is 39.0 Å². The maximum Gasteiger partial charge on any atom is 0.226 e. The standard InChI is InChI=1S/C13H23NO4S/c1-10(15)8-12-4-2-3-6-14(12)13(16)11-5-7-19(17,18)9-11/h10-12,15H,2-9H2,1H3. The van der Waals surface area contributed by atoms with Crippen LogP contribution in [0.25, 0.3) is 0 Å². The van der Waals surface area contributed by atoms with Gasteiger partial charge in [0, 0.05) is 12.6 Å². The zero-order chi connectivity index (χ0) is 14.0. The molecule has 3 unspecified atom stereocenters. The molecule has 2 rings (SSSR count). The second kappa shape index (κ2) is 5.79. The molecule has 1 N–H and O–H groups in total. The van der Waals surface area contributed by atoms with Crippen molar-refractivity contribution in [3.63, 3.8) is 0 Å². The average Bonchev–Trinajstić information content (AvgIpc) is 2.69. The Morgan fingerprint density at radius 3 is 2.68 bits per heavy atom. The van der Waals surface area contributed by atoms with E-state index in [1.165, 1.54) is 0 Å². The van der Waals surface area contributed by atoms with E-state index in [0.717, 1.165) is 19.3 Å². The average molecular weight is 289 g/mol. The highest BCUT2D eigenvalue weighted by Crippen LogP contribution is 2.27. The van der Waals surface area contributed by atoms with Crippen LogP contribution in [0.4, 0.5) is 0 Å². The van der Waals surface area contributed by atoms with Crippen LogP contribution in [0.2, 0.25) is 0 Å². The Morgan fingerprint density at radius 1 is 1.37 bits per heavy atom. The zero-order valence-corrected chi connectivity index (χ0v) is 12.2. The van der Waals surface area contributed by atoms with Crippen molar-refractivity contribution in [3.05, 3.63) is 0 Å². The molecule has 6 heteroatoms. The number of rotatable bonds is 3. The predicted molar refractivity (Wildman–Crippen MR) is 72.4 cm³/mol. The van der Waals surface area contributed by atoms with Gasteiger partial charge in [-0.3, -0.25) is 4.79 Å². The molecular weight excluding hydrogens is 266 g/mol. The highest BCUT2D eigenvalue weighted by Gasteiger charge is 2.38. The van der Waals surface area contributed by atoms with Crippen molar-refractivity contribution in [2.24, 2.45) is 5.92 Å². The molecule has 3 atom stereocenters. The van der Waals surface area contributed by atoms with Gasteiger partial charge >= 0.3 is 0 Å². The Hall–Kier alpha value is -0.620. The first kappa shape index (κ1) is 14.8. The number of hydrogen-bond donors (Lipinski definition) is 1. The number of carbonyl (C=O) groups excluding carboxylic acids is 1. The molecule has 19 heavy (non-hydrogen) atoms. The quantitative estimate of drug-likeness (QED) is 0.824. The minimum Gasteiger partial charge on any atom is -0.393 e. The van der Waals surface area contributed by atoms with E-state index in [0.29, 0.717) is 19.4 Å². The Morgan fingerprint density at radius 2 is 2.11 bits per heavy atom. The lowest BCUT2D eigenvalue weighted by Crippen LogP contribution is -2.47. The number of amides is 1. The Kier molecular flexibility index (Phi) is 4.50. The first-order chi connectivity index (χ1) is 8.89. The highest BCUT2D eigenvalue weighted by atomic mass is 32.2. The van der Waals surface area contributed by atoms with Crippen molar-refractivity contribution in [3.8, 4) is 0 Å². The van der Waals surface area contributed by atoms with E-state index in [4.69, 9.17) is 0 Å². The highest BCUT2D eigenvalue weighted by molar-refractivity contribution is 7.91. The van der Waals surface area contributed by atoms with Gasteiger partial charge in [-0.15, -0.1) is 0 Å². The third-order valence-electron chi connectivity index (χ3n) is 4.11.